The van der Waals surface area contributed by atoms with Gasteiger partial charge in [0.15, 0.2) is 0 Å². The Labute approximate surface area is 73.7 Å². The Morgan fingerprint density at radius 2 is 1.69 bits per heavy atom. The quantitative estimate of drug-likeness (QED) is 0.293. The molecular weight excluding hydrogens is 178 g/mol. The van der Waals surface area contributed by atoms with E-state index in [1.54, 1.807) is 0 Å². The van der Waals surface area contributed by atoms with Crippen LogP contribution in [0, 0.1) is 12.3 Å². The number of carboxylic acid groups (broad SMARTS) is 1. The van der Waals surface area contributed by atoms with Crippen molar-refractivity contribution in [1.82, 2.24) is 5.06 Å². The average molecular weight is 185 g/mol. The molecule has 0 spiro atoms. The molecule has 70 valence electrons. The highest BCUT2D eigenvalue weighted by atomic mass is 16.5. The maximum Gasteiger partial charge on any atom is 0.381 e. The maximum absolute atomic E-state index is 10.2. The van der Waals surface area contributed by atoms with Gasteiger partial charge in [0.2, 0.25) is 0 Å². The van der Waals surface area contributed by atoms with Gasteiger partial charge >= 0.3 is 5.97 Å². The van der Waals surface area contributed by atoms with Crippen molar-refractivity contribution in [2.75, 3.05) is 0 Å². The number of hydrogen-bond donors (Lipinski definition) is 2. The Balaban J connectivity index is 0.000000252. The lowest BCUT2D eigenvalue weighted by Crippen LogP contribution is -2.24. The predicted octanol–water partition coefficient (Wildman–Crippen LogP) is -0.771. The van der Waals surface area contributed by atoms with Crippen LogP contribution in [0.25, 0.3) is 0 Å². The van der Waals surface area contributed by atoms with Gasteiger partial charge in [-0.25, -0.2) is 4.79 Å². The van der Waals surface area contributed by atoms with Crippen molar-refractivity contribution in [2.45, 2.75) is 12.8 Å². The molecule has 6 heteroatoms. The Morgan fingerprint density at radius 3 is 1.77 bits per heavy atom. The molecule has 1 rings (SSSR count). The molecule has 0 aromatic rings. The highest BCUT2D eigenvalue weighted by molar-refractivity contribution is 6.00. The largest absolute Gasteiger partial charge is 0.472 e. The van der Waals surface area contributed by atoms with Gasteiger partial charge in [-0.05, 0) is 0 Å². The SMILES string of the molecule is C#CC(=O)O.O=C1CCC(=O)N1O. The van der Waals surface area contributed by atoms with Gasteiger partial charge in [-0.1, -0.05) is 0 Å². The first-order valence-electron chi connectivity index (χ1n) is 3.23. The van der Waals surface area contributed by atoms with E-state index in [2.05, 4.69) is 6.42 Å². The lowest BCUT2D eigenvalue weighted by Gasteiger charge is -1.98. The molecule has 0 bridgehead atoms. The van der Waals surface area contributed by atoms with Crippen LogP contribution in [-0.4, -0.2) is 33.2 Å². The molecule has 0 aromatic heterocycles. The zero-order valence-electron chi connectivity index (χ0n) is 6.56. The molecule has 1 heterocycles. The second-order valence-electron chi connectivity index (χ2n) is 2.05. The van der Waals surface area contributed by atoms with Crippen LogP contribution >= 0.6 is 0 Å². The fraction of sp³-hybridized carbons (Fsp3) is 0.286. The minimum atomic E-state index is -1.22. The number of hydroxylamine groups is 2. The first-order chi connectivity index (χ1) is 5.99. The van der Waals surface area contributed by atoms with Crippen LogP contribution in [0.2, 0.25) is 0 Å². The number of carbonyl (C=O) groups is 3. The van der Waals surface area contributed by atoms with E-state index in [1.165, 1.54) is 5.92 Å². The molecule has 2 N–H and O–H groups in total. The Kier molecular flexibility index (Phi) is 4.19. The number of terminal acetylenes is 1. The zero-order chi connectivity index (χ0) is 10.4. The summed E-state index contributed by atoms with van der Waals surface area (Å²) in [6.45, 7) is 0. The molecule has 0 atom stereocenters. The molecule has 0 aliphatic carbocycles. The van der Waals surface area contributed by atoms with Crippen molar-refractivity contribution in [2.24, 2.45) is 0 Å². The summed E-state index contributed by atoms with van der Waals surface area (Å²) in [6.07, 6.45) is 4.62. The van der Waals surface area contributed by atoms with E-state index < -0.39 is 17.8 Å². The third kappa shape index (κ3) is 3.88. The summed E-state index contributed by atoms with van der Waals surface area (Å²) in [5.74, 6) is -0.782. The van der Waals surface area contributed by atoms with E-state index in [0.717, 1.165) is 0 Å². The fourth-order valence-electron chi connectivity index (χ4n) is 0.565. The second kappa shape index (κ2) is 4.90. The van der Waals surface area contributed by atoms with Gasteiger partial charge in [-0.15, -0.1) is 6.42 Å². The van der Waals surface area contributed by atoms with Crippen molar-refractivity contribution in [3.8, 4) is 12.3 Å². The van der Waals surface area contributed by atoms with Crippen molar-refractivity contribution < 1.29 is 24.7 Å². The van der Waals surface area contributed by atoms with Gasteiger partial charge in [0.1, 0.15) is 0 Å². The van der Waals surface area contributed by atoms with E-state index in [4.69, 9.17) is 15.1 Å². The number of aliphatic carboxylic acids is 1. The van der Waals surface area contributed by atoms with Crippen LogP contribution < -0.4 is 0 Å². The number of rotatable bonds is 0. The summed E-state index contributed by atoms with van der Waals surface area (Å²) in [6, 6.07) is 0. The summed E-state index contributed by atoms with van der Waals surface area (Å²) < 4.78 is 0. The van der Waals surface area contributed by atoms with E-state index in [9.17, 15) is 9.59 Å². The number of imide groups is 1. The monoisotopic (exact) mass is 185 g/mol. The van der Waals surface area contributed by atoms with Crippen molar-refractivity contribution in [3.63, 3.8) is 0 Å². The summed E-state index contributed by atoms with van der Waals surface area (Å²) in [7, 11) is 0. The first-order valence-corrected chi connectivity index (χ1v) is 3.23. The molecule has 6 nitrogen and oxygen atoms in total. The molecule has 0 saturated carbocycles. The molecule has 0 aromatic carbocycles. The molecule has 1 aliphatic heterocycles. The van der Waals surface area contributed by atoms with Gasteiger partial charge in [-0.3, -0.25) is 14.8 Å². The number of carbonyl (C=O) groups excluding carboxylic acids is 2. The maximum atomic E-state index is 10.2. The molecule has 1 saturated heterocycles. The Morgan fingerprint density at radius 1 is 1.38 bits per heavy atom. The number of amides is 2. The molecule has 0 radical (unpaired) electrons. The Bertz CT molecular complexity index is 261. The van der Waals surface area contributed by atoms with Crippen LogP contribution in [-0.2, 0) is 14.4 Å². The van der Waals surface area contributed by atoms with E-state index >= 15 is 0 Å². The van der Waals surface area contributed by atoms with Gasteiger partial charge in [0.05, 0.1) is 0 Å². The average Bonchev–Trinajstić information content (AvgIpc) is 2.37. The smallest absolute Gasteiger partial charge is 0.381 e. The molecule has 1 aliphatic rings. The normalized spacial score (nSPS) is 14.6. The van der Waals surface area contributed by atoms with E-state index in [-0.39, 0.29) is 17.9 Å². The topological polar surface area (TPSA) is 94.9 Å². The third-order valence-corrected chi connectivity index (χ3v) is 1.15. The van der Waals surface area contributed by atoms with Gasteiger partial charge < -0.3 is 5.11 Å². The van der Waals surface area contributed by atoms with Crippen molar-refractivity contribution >= 4 is 17.8 Å². The van der Waals surface area contributed by atoms with Crippen LogP contribution in [0.15, 0.2) is 0 Å². The van der Waals surface area contributed by atoms with Gasteiger partial charge in [-0.2, -0.15) is 5.06 Å². The molecule has 2 amide bonds. The zero-order valence-corrected chi connectivity index (χ0v) is 6.56. The summed E-state index contributed by atoms with van der Waals surface area (Å²) in [5.41, 5.74) is 0. The van der Waals surface area contributed by atoms with Crippen LogP contribution in [0.3, 0.4) is 0 Å². The Hall–Kier alpha value is -1.87. The molecule has 13 heavy (non-hydrogen) atoms. The highest BCUT2D eigenvalue weighted by Crippen LogP contribution is 2.06. The summed E-state index contributed by atoms with van der Waals surface area (Å²) in [5, 5.41) is 16.1. The lowest BCUT2D eigenvalue weighted by atomic mass is 10.4. The van der Waals surface area contributed by atoms with Crippen LogP contribution in [0.4, 0.5) is 0 Å². The number of nitrogens with zero attached hydrogens (tertiary/aromatic N) is 1. The number of hydrogen-bond acceptors (Lipinski definition) is 4. The van der Waals surface area contributed by atoms with E-state index in [1.807, 2.05) is 0 Å². The third-order valence-electron chi connectivity index (χ3n) is 1.15. The van der Waals surface area contributed by atoms with Crippen LogP contribution in [0.1, 0.15) is 12.8 Å². The predicted molar refractivity (Wildman–Crippen MR) is 39.3 cm³/mol. The molecular formula is C7H7NO5. The molecule has 1 fully saturated rings. The fourth-order valence-corrected chi connectivity index (χ4v) is 0.565. The summed E-state index contributed by atoms with van der Waals surface area (Å²) in [4.78, 5) is 29.6. The van der Waals surface area contributed by atoms with Gasteiger partial charge in [0.25, 0.3) is 11.8 Å². The minimum absolute atomic E-state index is 0.148. The number of carboxylic acids is 1. The van der Waals surface area contributed by atoms with Gasteiger partial charge in [0, 0.05) is 18.8 Å². The standard InChI is InChI=1S/C4H5NO3.C3H2O2/c6-3-1-2-4(7)5(3)8;1-2-3(4)5/h8H,1-2H2;1H,(H,4,5). The van der Waals surface area contributed by atoms with E-state index in [0.29, 0.717) is 0 Å². The van der Waals surface area contributed by atoms with Crippen molar-refractivity contribution in [1.29, 1.82) is 0 Å². The first kappa shape index (κ1) is 11.1. The highest BCUT2D eigenvalue weighted by Gasteiger charge is 2.26. The lowest BCUT2D eigenvalue weighted by molar-refractivity contribution is -0.171. The molecule has 0 unspecified atom stereocenters. The summed E-state index contributed by atoms with van der Waals surface area (Å²) >= 11 is 0. The van der Waals surface area contributed by atoms with Crippen molar-refractivity contribution in [3.05, 3.63) is 0 Å². The minimum Gasteiger partial charge on any atom is -0.472 e. The van der Waals surface area contributed by atoms with Crippen LogP contribution in [0.5, 0.6) is 0 Å². The second-order valence-corrected chi connectivity index (χ2v) is 2.05.